The van der Waals surface area contributed by atoms with Crippen molar-refractivity contribution in [3.63, 3.8) is 0 Å². The number of pyridine rings is 1. The quantitative estimate of drug-likeness (QED) is 0.732. The van der Waals surface area contributed by atoms with E-state index in [1.807, 2.05) is 12.1 Å². The van der Waals surface area contributed by atoms with Gasteiger partial charge < -0.3 is 4.52 Å². The van der Waals surface area contributed by atoms with E-state index in [0.29, 0.717) is 11.7 Å². The summed E-state index contributed by atoms with van der Waals surface area (Å²) in [5, 5.41) is 4.06. The molecule has 0 atom stereocenters. The number of benzene rings is 1. The highest BCUT2D eigenvalue weighted by atomic mass is 16.5. The second-order valence-electron chi connectivity index (χ2n) is 6.19. The summed E-state index contributed by atoms with van der Waals surface area (Å²) in [5.74, 6) is 1.14. The molecule has 24 heavy (non-hydrogen) atoms. The Kier molecular flexibility index (Phi) is 4.34. The summed E-state index contributed by atoms with van der Waals surface area (Å²) in [5.41, 5.74) is 3.18. The number of rotatable bonds is 4. The predicted octanol–water partition coefficient (Wildman–Crippen LogP) is 3.78. The fourth-order valence-electron chi connectivity index (χ4n) is 3.09. The molecule has 0 spiro atoms. The van der Waals surface area contributed by atoms with Crippen molar-refractivity contribution in [1.82, 2.24) is 20.0 Å². The van der Waals surface area contributed by atoms with Gasteiger partial charge in [0.05, 0.1) is 0 Å². The van der Waals surface area contributed by atoms with Crippen molar-refractivity contribution >= 4 is 0 Å². The normalized spacial score (nSPS) is 15.5. The molecule has 3 heterocycles. The van der Waals surface area contributed by atoms with Crippen molar-refractivity contribution in [1.29, 1.82) is 0 Å². The largest absolute Gasteiger partial charge is 0.334 e. The van der Waals surface area contributed by atoms with E-state index in [1.54, 1.807) is 12.4 Å². The van der Waals surface area contributed by atoms with Crippen LogP contribution in [0.2, 0.25) is 0 Å². The molecule has 0 saturated carbocycles. The minimum atomic E-state index is 0.548. The van der Waals surface area contributed by atoms with Gasteiger partial charge in [-0.1, -0.05) is 23.7 Å². The molecule has 4 rings (SSSR count). The highest BCUT2D eigenvalue weighted by Gasteiger charge is 2.12. The van der Waals surface area contributed by atoms with Gasteiger partial charge in [-0.25, -0.2) is 0 Å². The van der Waals surface area contributed by atoms with E-state index in [0.717, 1.165) is 17.7 Å². The lowest BCUT2D eigenvalue weighted by molar-refractivity contribution is 0.221. The van der Waals surface area contributed by atoms with Gasteiger partial charge in [-0.05, 0) is 55.8 Å². The Balaban J connectivity index is 1.48. The predicted molar refractivity (Wildman–Crippen MR) is 92.1 cm³/mol. The van der Waals surface area contributed by atoms with Crippen molar-refractivity contribution in [3.8, 4) is 22.8 Å². The number of likely N-dealkylation sites (tertiary alicyclic amines) is 1. The molecular weight excluding hydrogens is 300 g/mol. The molecule has 1 aliphatic heterocycles. The first-order valence-electron chi connectivity index (χ1n) is 8.44. The lowest BCUT2D eigenvalue weighted by Gasteiger charge is -2.26. The first-order chi connectivity index (χ1) is 11.9. The van der Waals surface area contributed by atoms with Crippen LogP contribution in [0.3, 0.4) is 0 Å². The molecule has 1 saturated heterocycles. The summed E-state index contributed by atoms with van der Waals surface area (Å²) in [6.45, 7) is 3.44. The second-order valence-corrected chi connectivity index (χ2v) is 6.19. The average Bonchev–Trinajstić information content (AvgIpc) is 3.14. The van der Waals surface area contributed by atoms with Gasteiger partial charge >= 0.3 is 0 Å². The number of hydrogen-bond donors (Lipinski definition) is 0. The molecule has 1 fully saturated rings. The van der Waals surface area contributed by atoms with Gasteiger partial charge in [0.1, 0.15) is 0 Å². The van der Waals surface area contributed by atoms with Crippen molar-refractivity contribution in [2.24, 2.45) is 0 Å². The molecule has 0 N–H and O–H groups in total. The van der Waals surface area contributed by atoms with Crippen LogP contribution in [0, 0.1) is 0 Å². The van der Waals surface area contributed by atoms with Crippen molar-refractivity contribution in [2.75, 3.05) is 13.1 Å². The third-order valence-electron chi connectivity index (χ3n) is 4.42. The van der Waals surface area contributed by atoms with Gasteiger partial charge in [0.2, 0.25) is 5.82 Å². The maximum Gasteiger partial charge on any atom is 0.258 e. The minimum Gasteiger partial charge on any atom is -0.334 e. The molecule has 5 nitrogen and oxygen atoms in total. The standard InChI is InChI=1S/C19H20N4O/c1-2-12-23(13-3-1)14-15-4-6-17(7-5-15)19-21-18(22-24-19)16-8-10-20-11-9-16/h4-11H,1-3,12-14H2. The van der Waals surface area contributed by atoms with Gasteiger partial charge in [0.15, 0.2) is 0 Å². The fraction of sp³-hybridized carbons (Fsp3) is 0.316. The average molecular weight is 320 g/mol. The summed E-state index contributed by atoms with van der Waals surface area (Å²) in [6, 6.07) is 12.2. The maximum atomic E-state index is 5.40. The Morgan fingerprint density at radius 3 is 2.38 bits per heavy atom. The summed E-state index contributed by atoms with van der Waals surface area (Å²) in [7, 11) is 0. The van der Waals surface area contributed by atoms with Crippen LogP contribution < -0.4 is 0 Å². The summed E-state index contributed by atoms with van der Waals surface area (Å²) >= 11 is 0. The number of hydrogen-bond acceptors (Lipinski definition) is 5. The van der Waals surface area contributed by atoms with Gasteiger partial charge in [0.25, 0.3) is 5.89 Å². The van der Waals surface area contributed by atoms with Gasteiger partial charge in [0, 0.05) is 30.1 Å². The molecule has 3 aromatic rings. The SMILES string of the molecule is c1cc(-c2noc(-c3ccc(CN4CCCCC4)cc3)n2)ccn1. The molecule has 0 aliphatic carbocycles. The third-order valence-corrected chi connectivity index (χ3v) is 4.42. The Morgan fingerprint density at radius 1 is 0.875 bits per heavy atom. The topological polar surface area (TPSA) is 55.1 Å². The van der Waals surface area contributed by atoms with Crippen LogP contribution in [-0.4, -0.2) is 33.1 Å². The molecule has 1 aromatic carbocycles. The monoisotopic (exact) mass is 320 g/mol. The number of piperidine rings is 1. The maximum absolute atomic E-state index is 5.40. The Bertz CT molecular complexity index is 777. The smallest absolute Gasteiger partial charge is 0.258 e. The molecule has 1 aliphatic rings. The highest BCUT2D eigenvalue weighted by Crippen LogP contribution is 2.22. The van der Waals surface area contributed by atoms with Gasteiger partial charge in [-0.3, -0.25) is 9.88 Å². The van der Waals surface area contributed by atoms with Gasteiger partial charge in [-0.2, -0.15) is 4.98 Å². The second kappa shape index (κ2) is 6.93. The van der Waals surface area contributed by atoms with Crippen LogP contribution >= 0.6 is 0 Å². The lowest BCUT2D eigenvalue weighted by atomic mass is 10.1. The van der Waals surface area contributed by atoms with E-state index in [-0.39, 0.29) is 0 Å². The molecule has 0 unspecified atom stereocenters. The van der Waals surface area contributed by atoms with Crippen LogP contribution in [0.15, 0.2) is 53.3 Å². The van der Waals surface area contributed by atoms with Crippen LogP contribution in [-0.2, 0) is 6.54 Å². The van der Waals surface area contributed by atoms with E-state index < -0.39 is 0 Å². The van der Waals surface area contributed by atoms with Crippen LogP contribution in [0.5, 0.6) is 0 Å². The van der Waals surface area contributed by atoms with Gasteiger partial charge in [-0.15, -0.1) is 0 Å². The first-order valence-corrected chi connectivity index (χ1v) is 8.44. The Labute approximate surface area is 141 Å². The summed E-state index contributed by atoms with van der Waals surface area (Å²) in [4.78, 5) is 11.0. The van der Waals surface area contributed by atoms with Crippen molar-refractivity contribution in [2.45, 2.75) is 25.8 Å². The van der Waals surface area contributed by atoms with E-state index in [2.05, 4.69) is 44.3 Å². The molecule has 122 valence electrons. The highest BCUT2D eigenvalue weighted by molar-refractivity contribution is 5.59. The molecular formula is C19H20N4O. The Hall–Kier alpha value is -2.53. The molecule has 0 amide bonds. The lowest BCUT2D eigenvalue weighted by Crippen LogP contribution is -2.28. The molecule has 0 radical (unpaired) electrons. The first kappa shape index (κ1) is 15.0. The van der Waals surface area contributed by atoms with E-state index >= 15 is 0 Å². The van der Waals surface area contributed by atoms with Crippen molar-refractivity contribution < 1.29 is 4.52 Å². The van der Waals surface area contributed by atoms with Crippen LogP contribution in [0.25, 0.3) is 22.8 Å². The van der Waals surface area contributed by atoms with E-state index in [4.69, 9.17) is 4.52 Å². The molecule has 5 heteroatoms. The minimum absolute atomic E-state index is 0.548. The molecule has 0 bridgehead atoms. The zero-order valence-corrected chi connectivity index (χ0v) is 13.6. The number of nitrogens with zero attached hydrogens (tertiary/aromatic N) is 4. The zero-order chi connectivity index (χ0) is 16.2. The van der Waals surface area contributed by atoms with Crippen LogP contribution in [0.4, 0.5) is 0 Å². The van der Waals surface area contributed by atoms with E-state index in [9.17, 15) is 0 Å². The fourth-order valence-corrected chi connectivity index (χ4v) is 3.09. The van der Waals surface area contributed by atoms with E-state index in [1.165, 1.54) is 37.9 Å². The summed E-state index contributed by atoms with van der Waals surface area (Å²) in [6.07, 6.45) is 7.45. The number of aromatic nitrogens is 3. The van der Waals surface area contributed by atoms with Crippen molar-refractivity contribution in [3.05, 3.63) is 54.4 Å². The third kappa shape index (κ3) is 3.36. The zero-order valence-electron chi connectivity index (χ0n) is 13.6. The molecule has 2 aromatic heterocycles. The summed E-state index contributed by atoms with van der Waals surface area (Å²) < 4.78 is 5.40. The van der Waals surface area contributed by atoms with Crippen LogP contribution in [0.1, 0.15) is 24.8 Å². The Morgan fingerprint density at radius 2 is 1.62 bits per heavy atom.